The standard InChI is InChI=1S/C16H24ClN3O.ClH/c1-11(20-9-8-14(18)16(2,3)10-20)15(21)19-13-6-4-12(17)5-7-13;/h4-7,11,14H,8-10,18H2,1-3H3,(H,19,21);1H. The zero-order valence-corrected chi connectivity index (χ0v) is 14.9. The fourth-order valence-corrected chi connectivity index (χ4v) is 2.82. The largest absolute Gasteiger partial charge is 0.327 e. The lowest BCUT2D eigenvalue weighted by Gasteiger charge is -2.44. The Kier molecular flexibility index (Phi) is 6.68. The van der Waals surface area contributed by atoms with Crippen LogP contribution in [-0.4, -0.2) is 36.0 Å². The summed E-state index contributed by atoms with van der Waals surface area (Å²) in [6, 6.07) is 7.18. The number of nitrogens with one attached hydrogen (secondary N) is 1. The minimum absolute atomic E-state index is 0. The number of benzene rings is 1. The molecule has 0 aromatic heterocycles. The van der Waals surface area contributed by atoms with Crippen molar-refractivity contribution in [2.24, 2.45) is 11.1 Å². The molecule has 0 spiro atoms. The number of halogens is 2. The van der Waals surface area contributed by atoms with E-state index in [1.54, 1.807) is 12.1 Å². The van der Waals surface area contributed by atoms with Crippen LogP contribution in [0.25, 0.3) is 0 Å². The second kappa shape index (κ2) is 7.64. The number of amides is 1. The van der Waals surface area contributed by atoms with Gasteiger partial charge < -0.3 is 11.1 Å². The van der Waals surface area contributed by atoms with Gasteiger partial charge in [-0.3, -0.25) is 9.69 Å². The third kappa shape index (κ3) is 4.59. The molecule has 1 aliphatic heterocycles. The van der Waals surface area contributed by atoms with Crippen LogP contribution in [0.15, 0.2) is 24.3 Å². The van der Waals surface area contributed by atoms with E-state index in [-0.39, 0.29) is 35.8 Å². The van der Waals surface area contributed by atoms with Gasteiger partial charge in [0.25, 0.3) is 0 Å². The van der Waals surface area contributed by atoms with Gasteiger partial charge in [-0.2, -0.15) is 0 Å². The number of nitrogens with zero attached hydrogens (tertiary/aromatic N) is 1. The summed E-state index contributed by atoms with van der Waals surface area (Å²) in [6.07, 6.45) is 0.922. The number of hydrogen-bond acceptors (Lipinski definition) is 3. The number of carbonyl (C=O) groups excluding carboxylic acids is 1. The lowest BCUT2D eigenvalue weighted by molar-refractivity contribution is -0.122. The summed E-state index contributed by atoms with van der Waals surface area (Å²) in [5.41, 5.74) is 6.95. The van der Waals surface area contributed by atoms with Gasteiger partial charge in [-0.1, -0.05) is 25.4 Å². The molecule has 1 heterocycles. The number of carbonyl (C=O) groups is 1. The zero-order valence-electron chi connectivity index (χ0n) is 13.3. The van der Waals surface area contributed by atoms with Crippen LogP contribution < -0.4 is 11.1 Å². The second-order valence-corrected chi connectivity index (χ2v) is 6.96. The molecule has 1 aliphatic rings. The topological polar surface area (TPSA) is 58.4 Å². The van der Waals surface area contributed by atoms with Gasteiger partial charge >= 0.3 is 0 Å². The minimum atomic E-state index is -0.174. The molecule has 1 fully saturated rings. The van der Waals surface area contributed by atoms with Crippen molar-refractivity contribution in [3.05, 3.63) is 29.3 Å². The average Bonchev–Trinajstić information content (AvgIpc) is 2.43. The van der Waals surface area contributed by atoms with Gasteiger partial charge in [-0.15, -0.1) is 12.4 Å². The predicted octanol–water partition coefficient (Wildman–Crippen LogP) is 3.15. The summed E-state index contributed by atoms with van der Waals surface area (Å²) >= 11 is 5.84. The first-order valence-corrected chi connectivity index (χ1v) is 7.73. The third-order valence-electron chi connectivity index (χ3n) is 4.38. The van der Waals surface area contributed by atoms with E-state index in [2.05, 4.69) is 24.1 Å². The maximum atomic E-state index is 12.4. The fraction of sp³-hybridized carbons (Fsp3) is 0.562. The number of hydrogen-bond donors (Lipinski definition) is 2. The molecule has 0 radical (unpaired) electrons. The first kappa shape index (κ1) is 19.2. The molecule has 1 aromatic carbocycles. The number of rotatable bonds is 3. The molecule has 0 saturated carbocycles. The van der Waals surface area contributed by atoms with Gasteiger partial charge in [0, 0.05) is 29.8 Å². The van der Waals surface area contributed by atoms with Crippen molar-refractivity contribution in [1.82, 2.24) is 4.90 Å². The summed E-state index contributed by atoms with van der Waals surface area (Å²) in [5, 5.41) is 3.59. The van der Waals surface area contributed by atoms with Crippen molar-refractivity contribution in [3.8, 4) is 0 Å². The molecule has 2 rings (SSSR count). The number of nitrogens with two attached hydrogens (primary N) is 1. The maximum absolute atomic E-state index is 12.4. The van der Waals surface area contributed by atoms with Crippen LogP contribution in [-0.2, 0) is 4.79 Å². The van der Waals surface area contributed by atoms with Crippen LogP contribution >= 0.6 is 24.0 Å². The molecule has 1 amide bonds. The Morgan fingerprint density at radius 1 is 1.41 bits per heavy atom. The van der Waals surface area contributed by atoms with Gasteiger partial charge in [0.1, 0.15) is 0 Å². The van der Waals surface area contributed by atoms with Crippen LogP contribution in [0.3, 0.4) is 0 Å². The molecule has 0 aliphatic carbocycles. The van der Waals surface area contributed by atoms with Gasteiger partial charge in [-0.25, -0.2) is 0 Å². The van der Waals surface area contributed by atoms with E-state index in [0.29, 0.717) is 5.02 Å². The molecule has 1 saturated heterocycles. The summed E-state index contributed by atoms with van der Waals surface area (Å²) in [4.78, 5) is 14.6. The lowest BCUT2D eigenvalue weighted by Crippen LogP contribution is -2.56. The summed E-state index contributed by atoms with van der Waals surface area (Å²) in [5.74, 6) is 0.00333. The van der Waals surface area contributed by atoms with Crippen LogP contribution in [0.1, 0.15) is 27.2 Å². The van der Waals surface area contributed by atoms with E-state index >= 15 is 0 Å². The van der Waals surface area contributed by atoms with Gasteiger partial charge in [0.05, 0.1) is 6.04 Å². The summed E-state index contributed by atoms with van der Waals surface area (Å²) in [7, 11) is 0. The Hall–Kier alpha value is -0.810. The molecule has 3 N–H and O–H groups in total. The van der Waals surface area contributed by atoms with Crippen LogP contribution in [0.4, 0.5) is 5.69 Å². The highest BCUT2D eigenvalue weighted by atomic mass is 35.5. The lowest BCUT2D eigenvalue weighted by atomic mass is 9.79. The van der Waals surface area contributed by atoms with E-state index in [4.69, 9.17) is 17.3 Å². The molecular weight excluding hydrogens is 321 g/mol. The van der Waals surface area contributed by atoms with Gasteiger partial charge in [0.15, 0.2) is 0 Å². The Labute approximate surface area is 143 Å². The summed E-state index contributed by atoms with van der Waals surface area (Å²) in [6.45, 7) is 7.96. The molecule has 4 nitrogen and oxygen atoms in total. The van der Waals surface area contributed by atoms with Crippen molar-refractivity contribution in [2.45, 2.75) is 39.3 Å². The third-order valence-corrected chi connectivity index (χ3v) is 4.63. The highest BCUT2D eigenvalue weighted by molar-refractivity contribution is 6.30. The van der Waals surface area contributed by atoms with E-state index in [9.17, 15) is 4.79 Å². The van der Waals surface area contributed by atoms with Crippen LogP contribution in [0.5, 0.6) is 0 Å². The predicted molar refractivity (Wildman–Crippen MR) is 94.7 cm³/mol. The normalized spacial score (nSPS) is 22.5. The van der Waals surface area contributed by atoms with E-state index < -0.39 is 0 Å². The smallest absolute Gasteiger partial charge is 0.241 e. The second-order valence-electron chi connectivity index (χ2n) is 6.53. The summed E-state index contributed by atoms with van der Waals surface area (Å²) < 4.78 is 0. The monoisotopic (exact) mass is 345 g/mol. The maximum Gasteiger partial charge on any atom is 0.241 e. The van der Waals surface area contributed by atoms with Crippen LogP contribution in [0, 0.1) is 5.41 Å². The molecule has 2 unspecified atom stereocenters. The van der Waals surface area contributed by atoms with Crippen molar-refractivity contribution in [3.63, 3.8) is 0 Å². The molecule has 1 aromatic rings. The number of piperidine rings is 1. The van der Waals surface area contributed by atoms with Crippen LogP contribution in [0.2, 0.25) is 5.02 Å². The Bertz CT molecular complexity index is 505. The molecule has 2 atom stereocenters. The van der Waals surface area contributed by atoms with Crippen molar-refractivity contribution in [2.75, 3.05) is 18.4 Å². The average molecular weight is 346 g/mol. The van der Waals surface area contributed by atoms with Crippen molar-refractivity contribution < 1.29 is 4.79 Å². The van der Waals surface area contributed by atoms with Crippen molar-refractivity contribution >= 4 is 35.6 Å². The Morgan fingerprint density at radius 3 is 2.55 bits per heavy atom. The Morgan fingerprint density at radius 2 is 2.00 bits per heavy atom. The van der Waals surface area contributed by atoms with E-state index in [1.807, 2.05) is 19.1 Å². The minimum Gasteiger partial charge on any atom is -0.327 e. The molecule has 0 bridgehead atoms. The van der Waals surface area contributed by atoms with Gasteiger partial charge in [0.2, 0.25) is 5.91 Å². The molecule has 22 heavy (non-hydrogen) atoms. The van der Waals surface area contributed by atoms with E-state index in [0.717, 1.165) is 25.2 Å². The molecule has 124 valence electrons. The molecule has 6 heteroatoms. The fourth-order valence-electron chi connectivity index (χ4n) is 2.69. The highest BCUT2D eigenvalue weighted by Crippen LogP contribution is 2.29. The number of likely N-dealkylation sites (tertiary alicyclic amines) is 1. The quantitative estimate of drug-likeness (QED) is 0.884. The zero-order chi connectivity index (χ0) is 15.6. The first-order valence-electron chi connectivity index (χ1n) is 7.35. The van der Waals surface area contributed by atoms with Gasteiger partial charge in [-0.05, 0) is 43.0 Å². The number of anilines is 1. The highest BCUT2D eigenvalue weighted by Gasteiger charge is 2.36. The SMILES string of the molecule is CC(C(=O)Nc1ccc(Cl)cc1)N1CCC(N)C(C)(C)C1.Cl. The molecular formula is C16H25Cl2N3O. The first-order chi connectivity index (χ1) is 9.79. The van der Waals surface area contributed by atoms with E-state index in [1.165, 1.54) is 0 Å². The van der Waals surface area contributed by atoms with Crippen molar-refractivity contribution in [1.29, 1.82) is 0 Å². The Balaban J connectivity index is 0.00000242.